The molecule has 25 heavy (non-hydrogen) atoms. The lowest BCUT2D eigenvalue weighted by Gasteiger charge is -2.14. The van der Waals surface area contributed by atoms with Crippen LogP contribution in [-0.2, 0) is 9.59 Å². The van der Waals surface area contributed by atoms with E-state index in [9.17, 15) is 9.59 Å². The van der Waals surface area contributed by atoms with Gasteiger partial charge in [0, 0.05) is 25.2 Å². The summed E-state index contributed by atoms with van der Waals surface area (Å²) in [7, 11) is 0. The van der Waals surface area contributed by atoms with Gasteiger partial charge >= 0.3 is 0 Å². The van der Waals surface area contributed by atoms with Crippen LogP contribution in [0.4, 0.5) is 5.69 Å². The van der Waals surface area contributed by atoms with E-state index in [1.165, 1.54) is 16.7 Å². The van der Waals surface area contributed by atoms with Crippen LogP contribution in [-0.4, -0.2) is 32.6 Å². The summed E-state index contributed by atoms with van der Waals surface area (Å²) in [5.41, 5.74) is 0.652. The van der Waals surface area contributed by atoms with Gasteiger partial charge < -0.3 is 9.73 Å². The molecule has 1 aliphatic heterocycles. The fraction of sp³-hybridized carbons (Fsp3) is 0.176. The molecule has 1 aliphatic rings. The third-order valence-electron chi connectivity index (χ3n) is 3.42. The average Bonchev–Trinajstić information content (AvgIpc) is 3.19. The van der Waals surface area contributed by atoms with Crippen LogP contribution in [0.3, 0.4) is 0 Å². The minimum absolute atomic E-state index is 0.121. The molecule has 1 saturated heterocycles. The van der Waals surface area contributed by atoms with Gasteiger partial charge in [-0.1, -0.05) is 24.0 Å². The van der Waals surface area contributed by atoms with E-state index in [1.807, 2.05) is 0 Å². The lowest BCUT2D eigenvalue weighted by molar-refractivity contribution is -0.122. The third kappa shape index (κ3) is 4.55. The van der Waals surface area contributed by atoms with Crippen LogP contribution < -0.4 is 5.32 Å². The molecule has 0 aromatic carbocycles. The second-order valence-corrected chi connectivity index (χ2v) is 6.92. The molecule has 128 valence electrons. The molecule has 2 aromatic rings. The Labute approximate surface area is 154 Å². The number of aromatic nitrogens is 1. The number of hydrogen-bond acceptors (Lipinski definition) is 6. The number of pyridine rings is 1. The first kappa shape index (κ1) is 17.4. The van der Waals surface area contributed by atoms with Gasteiger partial charge in [0.15, 0.2) is 0 Å². The molecule has 6 nitrogen and oxygen atoms in total. The highest BCUT2D eigenvalue weighted by atomic mass is 32.2. The number of amides is 2. The Hall–Kier alpha value is -2.45. The van der Waals surface area contributed by atoms with E-state index in [0.717, 1.165) is 0 Å². The number of thioether (sulfide) groups is 1. The maximum absolute atomic E-state index is 12.4. The summed E-state index contributed by atoms with van der Waals surface area (Å²) < 4.78 is 5.72. The Balaban J connectivity index is 1.50. The Morgan fingerprint density at radius 1 is 1.40 bits per heavy atom. The van der Waals surface area contributed by atoms with Gasteiger partial charge in [-0.15, -0.1) is 0 Å². The second kappa shape index (κ2) is 8.09. The normalized spacial score (nSPS) is 15.8. The molecule has 0 atom stereocenters. The average molecular weight is 373 g/mol. The number of rotatable bonds is 6. The highest BCUT2D eigenvalue weighted by molar-refractivity contribution is 8.26. The van der Waals surface area contributed by atoms with E-state index in [0.29, 0.717) is 40.1 Å². The molecule has 0 bridgehead atoms. The van der Waals surface area contributed by atoms with Crippen molar-refractivity contribution in [1.29, 1.82) is 0 Å². The fourth-order valence-electron chi connectivity index (χ4n) is 2.25. The van der Waals surface area contributed by atoms with Crippen molar-refractivity contribution in [1.82, 2.24) is 9.88 Å². The molecule has 8 heteroatoms. The molecule has 0 saturated carbocycles. The van der Waals surface area contributed by atoms with Crippen LogP contribution in [0.25, 0.3) is 6.08 Å². The summed E-state index contributed by atoms with van der Waals surface area (Å²) in [6.07, 6.45) is 7.26. The lowest BCUT2D eigenvalue weighted by Crippen LogP contribution is -2.29. The van der Waals surface area contributed by atoms with Crippen molar-refractivity contribution in [2.75, 3.05) is 11.9 Å². The maximum Gasteiger partial charge on any atom is 0.266 e. The Kier molecular flexibility index (Phi) is 5.62. The Morgan fingerprint density at radius 3 is 3.00 bits per heavy atom. The molecule has 2 amide bonds. The fourth-order valence-corrected chi connectivity index (χ4v) is 3.54. The molecule has 2 aromatic heterocycles. The van der Waals surface area contributed by atoms with Crippen LogP contribution in [0.2, 0.25) is 0 Å². The molecule has 0 unspecified atom stereocenters. The lowest BCUT2D eigenvalue weighted by atomic mass is 10.2. The smallest absolute Gasteiger partial charge is 0.266 e. The third-order valence-corrected chi connectivity index (χ3v) is 4.80. The van der Waals surface area contributed by atoms with E-state index in [1.54, 1.807) is 49.0 Å². The predicted octanol–water partition coefficient (Wildman–Crippen LogP) is 3.29. The van der Waals surface area contributed by atoms with Gasteiger partial charge in [-0.3, -0.25) is 19.5 Å². The van der Waals surface area contributed by atoms with Gasteiger partial charge in [-0.05, 0) is 30.7 Å². The summed E-state index contributed by atoms with van der Waals surface area (Å²) in [5.74, 6) is 0.333. The molecule has 0 spiro atoms. The van der Waals surface area contributed by atoms with Gasteiger partial charge in [0.1, 0.15) is 10.1 Å². The van der Waals surface area contributed by atoms with Crippen LogP contribution >= 0.6 is 24.0 Å². The van der Waals surface area contributed by atoms with E-state index < -0.39 is 0 Å². The molecule has 0 radical (unpaired) electrons. The molecule has 3 rings (SSSR count). The number of thiocarbonyl (C=S) groups is 1. The number of hydrogen-bond donors (Lipinski definition) is 1. The summed E-state index contributed by atoms with van der Waals surface area (Å²) >= 11 is 6.50. The molecular formula is C17H15N3O3S2. The zero-order valence-corrected chi connectivity index (χ0v) is 14.8. The van der Waals surface area contributed by atoms with Crippen molar-refractivity contribution >= 4 is 51.9 Å². The second-order valence-electron chi connectivity index (χ2n) is 5.24. The molecule has 1 fully saturated rings. The number of nitrogens with one attached hydrogen (secondary N) is 1. The highest BCUT2D eigenvalue weighted by Gasteiger charge is 2.31. The topological polar surface area (TPSA) is 75.4 Å². The number of anilines is 1. The van der Waals surface area contributed by atoms with E-state index >= 15 is 0 Å². The first-order valence-electron chi connectivity index (χ1n) is 7.62. The van der Waals surface area contributed by atoms with Crippen molar-refractivity contribution in [3.63, 3.8) is 0 Å². The van der Waals surface area contributed by atoms with Crippen molar-refractivity contribution in [2.45, 2.75) is 12.8 Å². The van der Waals surface area contributed by atoms with E-state index in [-0.39, 0.29) is 11.8 Å². The monoisotopic (exact) mass is 373 g/mol. The standard InChI is InChI=1S/C17H15N3O3S2/c21-15(19-12-4-1-7-18-11-12)6-2-8-20-16(22)14(25-17(20)24)10-13-5-3-9-23-13/h1,3-5,7,9-11H,2,6,8H2,(H,19,21)/b14-10+. The summed E-state index contributed by atoms with van der Waals surface area (Å²) in [6, 6.07) is 7.05. The molecular weight excluding hydrogens is 358 g/mol. The summed E-state index contributed by atoms with van der Waals surface area (Å²) in [5, 5.41) is 2.76. The first-order valence-corrected chi connectivity index (χ1v) is 8.85. The van der Waals surface area contributed by atoms with Gasteiger partial charge in [0.05, 0.1) is 23.1 Å². The summed E-state index contributed by atoms with van der Waals surface area (Å²) in [6.45, 7) is 0.403. The van der Waals surface area contributed by atoms with Crippen molar-refractivity contribution in [2.24, 2.45) is 0 Å². The largest absolute Gasteiger partial charge is 0.465 e. The molecule has 1 N–H and O–H groups in total. The number of furan rings is 1. The van der Waals surface area contributed by atoms with E-state index in [2.05, 4.69) is 10.3 Å². The zero-order chi connectivity index (χ0) is 17.6. The SMILES string of the molecule is O=C(CCCN1C(=O)/C(=C\c2ccco2)SC1=S)Nc1cccnc1. The molecule has 3 heterocycles. The van der Waals surface area contributed by atoms with Crippen molar-refractivity contribution in [3.8, 4) is 0 Å². The zero-order valence-electron chi connectivity index (χ0n) is 13.2. The maximum atomic E-state index is 12.4. The van der Waals surface area contributed by atoms with E-state index in [4.69, 9.17) is 16.6 Å². The first-order chi connectivity index (χ1) is 12.1. The molecule has 0 aliphatic carbocycles. The van der Waals surface area contributed by atoms with Crippen molar-refractivity contribution in [3.05, 3.63) is 53.6 Å². The number of carbonyl (C=O) groups excluding carboxylic acids is 2. The predicted molar refractivity (Wildman–Crippen MR) is 101 cm³/mol. The van der Waals surface area contributed by atoms with Gasteiger partial charge in [0.2, 0.25) is 5.91 Å². The summed E-state index contributed by atoms with van der Waals surface area (Å²) in [4.78, 5) is 30.3. The Morgan fingerprint density at radius 2 is 2.28 bits per heavy atom. The van der Waals surface area contributed by atoms with Crippen molar-refractivity contribution < 1.29 is 14.0 Å². The van der Waals surface area contributed by atoms with Gasteiger partial charge in [-0.25, -0.2) is 0 Å². The van der Waals surface area contributed by atoms with Crippen LogP contribution in [0.1, 0.15) is 18.6 Å². The van der Waals surface area contributed by atoms with Crippen LogP contribution in [0, 0.1) is 0 Å². The minimum Gasteiger partial charge on any atom is -0.465 e. The number of carbonyl (C=O) groups is 2. The van der Waals surface area contributed by atoms with Gasteiger partial charge in [0.25, 0.3) is 5.91 Å². The van der Waals surface area contributed by atoms with Gasteiger partial charge in [-0.2, -0.15) is 0 Å². The van der Waals surface area contributed by atoms with Crippen LogP contribution in [0.5, 0.6) is 0 Å². The minimum atomic E-state index is -0.154. The number of nitrogens with zero attached hydrogens (tertiary/aromatic N) is 2. The highest BCUT2D eigenvalue weighted by Crippen LogP contribution is 2.32. The Bertz CT molecular complexity index is 804. The quantitative estimate of drug-likeness (QED) is 0.619. The van der Waals surface area contributed by atoms with Crippen LogP contribution in [0.15, 0.2) is 52.2 Å².